The molecule has 0 aliphatic heterocycles. The van der Waals surface area contributed by atoms with Crippen LogP contribution in [0.3, 0.4) is 0 Å². The highest BCUT2D eigenvalue weighted by atomic mass is 14.4. The average Bonchev–Trinajstić information content (AvgIpc) is 2.64. The molecule has 0 aromatic carbocycles. The first-order valence-electron chi connectivity index (χ1n) is 6.83. The van der Waals surface area contributed by atoms with Gasteiger partial charge in [0.05, 0.1) is 0 Å². The molecule has 0 spiro atoms. The molecule has 4 unspecified atom stereocenters. The maximum absolute atomic E-state index is 2.50. The smallest absolute Gasteiger partial charge is 0.0355 e. The Kier molecular flexibility index (Phi) is 3.52. The van der Waals surface area contributed by atoms with Crippen molar-refractivity contribution in [2.24, 2.45) is 23.7 Å². The topological polar surface area (TPSA) is 0 Å². The fraction of sp³-hybridized carbons (Fsp3) is 1.00. The molecule has 82 valence electrons. The van der Waals surface area contributed by atoms with Crippen LogP contribution in [0.15, 0.2) is 0 Å². The van der Waals surface area contributed by atoms with Crippen LogP contribution in [0, 0.1) is 23.7 Å². The van der Waals surface area contributed by atoms with E-state index in [1.807, 2.05) is 0 Å². The lowest BCUT2D eigenvalue weighted by Gasteiger charge is -2.37. The largest absolute Gasteiger partial charge is 0.0651 e. The second kappa shape index (κ2) is 4.68. The number of hydrogen-bond donors (Lipinski definition) is 0. The molecule has 0 radical (unpaired) electrons. The van der Waals surface area contributed by atoms with Gasteiger partial charge in [-0.3, -0.25) is 0 Å². The van der Waals surface area contributed by atoms with E-state index in [1.54, 1.807) is 12.8 Å². The van der Waals surface area contributed by atoms with E-state index in [1.165, 1.54) is 38.5 Å². The first kappa shape index (κ1) is 10.5. The van der Waals surface area contributed by atoms with Crippen molar-refractivity contribution in [1.82, 2.24) is 0 Å². The van der Waals surface area contributed by atoms with E-state index in [9.17, 15) is 0 Å². The van der Waals surface area contributed by atoms with Crippen LogP contribution in [0.1, 0.15) is 65.2 Å². The third kappa shape index (κ3) is 1.99. The van der Waals surface area contributed by atoms with Gasteiger partial charge in [0.25, 0.3) is 0 Å². The Morgan fingerprint density at radius 3 is 2.21 bits per heavy atom. The summed E-state index contributed by atoms with van der Waals surface area (Å²) in [5.74, 6) is 4.31. The summed E-state index contributed by atoms with van der Waals surface area (Å²) in [7, 11) is 0. The summed E-state index contributed by atoms with van der Waals surface area (Å²) >= 11 is 0. The summed E-state index contributed by atoms with van der Waals surface area (Å²) < 4.78 is 0. The van der Waals surface area contributed by atoms with Gasteiger partial charge in [-0.1, -0.05) is 52.4 Å². The normalized spacial score (nSPS) is 44.1. The van der Waals surface area contributed by atoms with Gasteiger partial charge < -0.3 is 0 Å². The Hall–Kier alpha value is 0. The molecule has 0 N–H and O–H groups in total. The molecule has 0 aromatic rings. The Bertz CT molecular complexity index is 173. The third-order valence-corrected chi connectivity index (χ3v) is 4.97. The van der Waals surface area contributed by atoms with Crippen molar-refractivity contribution in [3.8, 4) is 0 Å². The molecular formula is C14H26. The molecule has 2 rings (SSSR count). The molecule has 0 heteroatoms. The van der Waals surface area contributed by atoms with Crippen LogP contribution in [0.5, 0.6) is 0 Å². The fourth-order valence-corrected chi connectivity index (χ4v) is 4.12. The highest BCUT2D eigenvalue weighted by molar-refractivity contribution is 4.86. The quantitative estimate of drug-likeness (QED) is 0.601. The van der Waals surface area contributed by atoms with Crippen molar-refractivity contribution in [2.45, 2.75) is 65.2 Å². The predicted octanol–water partition coefficient (Wildman–Crippen LogP) is 4.64. The Labute approximate surface area is 89.5 Å². The van der Waals surface area contributed by atoms with E-state index in [0.29, 0.717) is 0 Å². The van der Waals surface area contributed by atoms with Crippen LogP contribution >= 0.6 is 0 Å². The molecule has 4 atom stereocenters. The number of hydrogen-bond acceptors (Lipinski definition) is 0. The SMILES string of the molecule is CCC1CCCCC1C1CCCC1C. The van der Waals surface area contributed by atoms with E-state index >= 15 is 0 Å². The summed E-state index contributed by atoms with van der Waals surface area (Å²) in [4.78, 5) is 0. The first-order chi connectivity index (χ1) is 6.83. The van der Waals surface area contributed by atoms with Gasteiger partial charge in [-0.25, -0.2) is 0 Å². The van der Waals surface area contributed by atoms with Crippen molar-refractivity contribution in [3.63, 3.8) is 0 Å². The van der Waals surface area contributed by atoms with Gasteiger partial charge in [0.2, 0.25) is 0 Å². The van der Waals surface area contributed by atoms with Crippen LogP contribution in [-0.4, -0.2) is 0 Å². The van der Waals surface area contributed by atoms with E-state index in [2.05, 4.69) is 13.8 Å². The summed E-state index contributed by atoms with van der Waals surface area (Å²) in [6.07, 6.45) is 12.1. The second-order valence-electron chi connectivity index (χ2n) is 5.69. The van der Waals surface area contributed by atoms with Gasteiger partial charge in [0.15, 0.2) is 0 Å². The summed E-state index contributed by atoms with van der Waals surface area (Å²) in [5, 5.41) is 0. The fourth-order valence-electron chi connectivity index (χ4n) is 4.12. The molecule has 0 nitrogen and oxygen atoms in total. The lowest BCUT2D eigenvalue weighted by molar-refractivity contribution is 0.133. The van der Waals surface area contributed by atoms with Crippen molar-refractivity contribution in [2.75, 3.05) is 0 Å². The van der Waals surface area contributed by atoms with Crippen LogP contribution in [-0.2, 0) is 0 Å². The molecule has 2 aliphatic rings. The lowest BCUT2D eigenvalue weighted by Crippen LogP contribution is -2.28. The Morgan fingerprint density at radius 2 is 1.57 bits per heavy atom. The van der Waals surface area contributed by atoms with E-state index < -0.39 is 0 Å². The Balaban J connectivity index is 1.99. The molecule has 0 aromatic heterocycles. The predicted molar refractivity (Wildman–Crippen MR) is 62.2 cm³/mol. The zero-order valence-electron chi connectivity index (χ0n) is 9.97. The van der Waals surface area contributed by atoms with Crippen LogP contribution < -0.4 is 0 Å². The van der Waals surface area contributed by atoms with Crippen molar-refractivity contribution >= 4 is 0 Å². The minimum Gasteiger partial charge on any atom is -0.0651 e. The molecule has 0 heterocycles. The minimum atomic E-state index is 1.03. The second-order valence-corrected chi connectivity index (χ2v) is 5.69. The maximum Gasteiger partial charge on any atom is -0.0355 e. The molecule has 0 amide bonds. The van der Waals surface area contributed by atoms with Gasteiger partial charge in [0.1, 0.15) is 0 Å². The summed E-state index contributed by atoms with van der Waals surface area (Å²) in [6.45, 7) is 4.90. The molecule has 0 saturated heterocycles. The zero-order chi connectivity index (χ0) is 9.97. The van der Waals surface area contributed by atoms with E-state index in [0.717, 1.165) is 23.7 Å². The highest BCUT2D eigenvalue weighted by Crippen LogP contribution is 2.46. The van der Waals surface area contributed by atoms with Gasteiger partial charge in [-0.2, -0.15) is 0 Å². The van der Waals surface area contributed by atoms with Crippen molar-refractivity contribution in [1.29, 1.82) is 0 Å². The van der Waals surface area contributed by atoms with Crippen LogP contribution in [0.4, 0.5) is 0 Å². The minimum absolute atomic E-state index is 1.03. The highest BCUT2D eigenvalue weighted by Gasteiger charge is 2.35. The van der Waals surface area contributed by atoms with Crippen molar-refractivity contribution < 1.29 is 0 Å². The molecule has 2 saturated carbocycles. The van der Waals surface area contributed by atoms with E-state index in [4.69, 9.17) is 0 Å². The molecule has 14 heavy (non-hydrogen) atoms. The average molecular weight is 194 g/mol. The van der Waals surface area contributed by atoms with Crippen LogP contribution in [0.2, 0.25) is 0 Å². The molecule has 0 bridgehead atoms. The molecular weight excluding hydrogens is 168 g/mol. The van der Waals surface area contributed by atoms with Gasteiger partial charge in [0, 0.05) is 0 Å². The first-order valence-corrected chi connectivity index (χ1v) is 6.83. The monoisotopic (exact) mass is 194 g/mol. The zero-order valence-corrected chi connectivity index (χ0v) is 9.97. The Morgan fingerprint density at radius 1 is 0.857 bits per heavy atom. The molecule has 2 fully saturated rings. The van der Waals surface area contributed by atoms with Gasteiger partial charge in [-0.15, -0.1) is 0 Å². The maximum atomic E-state index is 2.50. The van der Waals surface area contributed by atoms with Crippen LogP contribution in [0.25, 0.3) is 0 Å². The van der Waals surface area contributed by atoms with Crippen molar-refractivity contribution in [3.05, 3.63) is 0 Å². The third-order valence-electron chi connectivity index (χ3n) is 4.97. The van der Waals surface area contributed by atoms with Gasteiger partial charge in [-0.05, 0) is 36.5 Å². The lowest BCUT2D eigenvalue weighted by atomic mass is 9.69. The molecule has 2 aliphatic carbocycles. The summed E-state index contributed by atoms with van der Waals surface area (Å²) in [6, 6.07) is 0. The van der Waals surface area contributed by atoms with E-state index in [-0.39, 0.29) is 0 Å². The summed E-state index contributed by atoms with van der Waals surface area (Å²) in [5.41, 5.74) is 0. The van der Waals surface area contributed by atoms with Gasteiger partial charge >= 0.3 is 0 Å². The standard InChI is InChI=1S/C14H26/c1-3-12-8-4-5-9-14(12)13-10-6-7-11(13)2/h11-14H,3-10H2,1-2H3. The number of rotatable bonds is 2.